The Balaban J connectivity index is 1.44. The smallest absolute Gasteiger partial charge is 0.269 e. The van der Waals surface area contributed by atoms with Gasteiger partial charge in [0.2, 0.25) is 0 Å². The molecule has 0 spiro atoms. The molecule has 0 saturated carbocycles. The Morgan fingerprint density at radius 2 is 1.69 bits per heavy atom. The fourth-order valence-corrected chi connectivity index (χ4v) is 4.16. The quantitative estimate of drug-likeness (QED) is 0.677. The first-order chi connectivity index (χ1) is 12.6. The van der Waals surface area contributed by atoms with Gasteiger partial charge in [-0.1, -0.05) is 24.3 Å². The Morgan fingerprint density at radius 1 is 0.962 bits per heavy atom. The van der Waals surface area contributed by atoms with E-state index in [4.69, 9.17) is 0 Å². The summed E-state index contributed by atoms with van der Waals surface area (Å²) in [5.74, 6) is 0. The van der Waals surface area contributed by atoms with Crippen molar-refractivity contribution in [1.29, 1.82) is 0 Å². The number of hydrogen-bond donors (Lipinski definition) is 1. The van der Waals surface area contributed by atoms with Crippen LogP contribution < -0.4 is 4.90 Å². The Hall–Kier alpha value is -2.44. The molecule has 26 heavy (non-hydrogen) atoms. The van der Waals surface area contributed by atoms with Crippen LogP contribution in [0.25, 0.3) is 0 Å². The Bertz CT molecular complexity index is 788. The molecule has 136 valence electrons. The van der Waals surface area contributed by atoms with Crippen molar-refractivity contribution in [2.45, 2.75) is 25.0 Å². The lowest BCUT2D eigenvalue weighted by atomic mass is 9.85. The Morgan fingerprint density at radius 3 is 2.38 bits per heavy atom. The molecule has 2 atom stereocenters. The largest absolute Gasteiger partial charge is 0.391 e. The van der Waals surface area contributed by atoms with E-state index < -0.39 is 6.10 Å². The average Bonchev–Trinajstić information content (AvgIpc) is 2.68. The summed E-state index contributed by atoms with van der Waals surface area (Å²) in [4.78, 5) is 15.3. The van der Waals surface area contributed by atoms with E-state index >= 15 is 0 Å². The van der Waals surface area contributed by atoms with Gasteiger partial charge in [-0.2, -0.15) is 0 Å². The summed E-state index contributed by atoms with van der Waals surface area (Å²) in [5, 5.41) is 21.6. The molecule has 1 N–H and O–H groups in total. The van der Waals surface area contributed by atoms with Crippen LogP contribution in [-0.4, -0.2) is 53.3 Å². The van der Waals surface area contributed by atoms with E-state index in [1.165, 1.54) is 5.69 Å². The number of aliphatic hydroxyl groups is 1. The summed E-state index contributed by atoms with van der Waals surface area (Å²) in [5.41, 5.74) is 3.38. The number of nitrogens with zero attached hydrogens (tertiary/aromatic N) is 3. The first kappa shape index (κ1) is 17.0. The molecule has 1 saturated heterocycles. The number of aliphatic hydroxyl groups excluding tert-OH is 1. The van der Waals surface area contributed by atoms with E-state index in [1.54, 1.807) is 12.1 Å². The summed E-state index contributed by atoms with van der Waals surface area (Å²) in [6.07, 6.45) is 0.758. The number of benzene rings is 2. The lowest BCUT2D eigenvalue weighted by molar-refractivity contribution is -0.384. The number of hydrogen-bond acceptors (Lipinski definition) is 5. The number of rotatable bonds is 3. The van der Waals surface area contributed by atoms with Gasteiger partial charge < -0.3 is 10.0 Å². The first-order valence-corrected chi connectivity index (χ1v) is 9.10. The third-order valence-corrected chi connectivity index (χ3v) is 5.61. The van der Waals surface area contributed by atoms with Gasteiger partial charge in [-0.3, -0.25) is 15.0 Å². The van der Waals surface area contributed by atoms with Crippen LogP contribution >= 0.6 is 0 Å². The van der Waals surface area contributed by atoms with Crippen molar-refractivity contribution in [3.8, 4) is 0 Å². The van der Waals surface area contributed by atoms with Gasteiger partial charge in [-0.15, -0.1) is 0 Å². The fourth-order valence-electron chi connectivity index (χ4n) is 4.16. The minimum Gasteiger partial charge on any atom is -0.391 e. The lowest BCUT2D eigenvalue weighted by Gasteiger charge is -2.43. The Labute approximate surface area is 152 Å². The van der Waals surface area contributed by atoms with E-state index in [0.717, 1.165) is 43.7 Å². The molecule has 1 aliphatic carbocycles. The van der Waals surface area contributed by atoms with Crippen molar-refractivity contribution >= 4 is 11.4 Å². The maximum absolute atomic E-state index is 11.0. The maximum Gasteiger partial charge on any atom is 0.269 e. The molecule has 0 radical (unpaired) electrons. The third-order valence-electron chi connectivity index (χ3n) is 5.61. The van der Waals surface area contributed by atoms with E-state index in [1.807, 2.05) is 12.1 Å². The van der Waals surface area contributed by atoms with Gasteiger partial charge in [-0.25, -0.2) is 0 Å². The van der Waals surface area contributed by atoms with Crippen LogP contribution in [0.2, 0.25) is 0 Å². The van der Waals surface area contributed by atoms with Crippen molar-refractivity contribution in [3.05, 3.63) is 69.8 Å². The van der Waals surface area contributed by atoms with Crippen molar-refractivity contribution in [1.82, 2.24) is 4.90 Å². The lowest BCUT2D eigenvalue weighted by Crippen LogP contribution is -2.56. The number of para-hydroxylation sites is 1. The van der Waals surface area contributed by atoms with Crippen LogP contribution in [-0.2, 0) is 12.8 Å². The topological polar surface area (TPSA) is 69.8 Å². The van der Waals surface area contributed by atoms with Gasteiger partial charge in [-0.05, 0) is 29.7 Å². The summed E-state index contributed by atoms with van der Waals surface area (Å²) in [6, 6.07) is 15.5. The summed E-state index contributed by atoms with van der Waals surface area (Å²) in [7, 11) is 0. The SMILES string of the molecule is O=[N+]([O-])c1ccc2c(c1)C[C@@H](O)[C@H](N1CCN(c3ccccc3)CC1)C2. The molecule has 1 fully saturated rings. The van der Waals surface area contributed by atoms with Crippen molar-refractivity contribution in [3.63, 3.8) is 0 Å². The average molecular weight is 353 g/mol. The van der Waals surface area contributed by atoms with E-state index in [-0.39, 0.29) is 16.7 Å². The molecule has 2 aliphatic rings. The van der Waals surface area contributed by atoms with Crippen LogP contribution in [0.3, 0.4) is 0 Å². The summed E-state index contributed by atoms with van der Waals surface area (Å²) in [6.45, 7) is 3.72. The molecule has 2 aromatic carbocycles. The number of nitro groups is 1. The number of nitro benzene ring substituents is 1. The highest BCUT2D eigenvalue weighted by Gasteiger charge is 2.33. The molecular weight excluding hydrogens is 330 g/mol. The van der Waals surface area contributed by atoms with Crippen molar-refractivity contribution in [2.75, 3.05) is 31.1 Å². The molecular formula is C20H23N3O3. The Kier molecular flexibility index (Phi) is 4.61. The number of piperazine rings is 1. The van der Waals surface area contributed by atoms with E-state index in [2.05, 4.69) is 34.1 Å². The standard InChI is InChI=1S/C20H23N3O3/c24-20-14-16-12-18(23(25)26)7-6-15(16)13-19(20)22-10-8-21(9-11-22)17-4-2-1-3-5-17/h1-7,12,19-20,24H,8-11,13-14H2/t19-,20-/m1/s1. The number of non-ortho nitro benzene ring substituents is 1. The van der Waals surface area contributed by atoms with Gasteiger partial charge in [0.15, 0.2) is 0 Å². The van der Waals surface area contributed by atoms with Crippen LogP contribution in [0.4, 0.5) is 11.4 Å². The zero-order valence-electron chi connectivity index (χ0n) is 14.6. The minimum absolute atomic E-state index is 0.0851. The molecule has 4 rings (SSSR count). The van der Waals surface area contributed by atoms with Gasteiger partial charge in [0, 0.05) is 56.5 Å². The zero-order chi connectivity index (χ0) is 18.1. The van der Waals surface area contributed by atoms with Gasteiger partial charge in [0.1, 0.15) is 0 Å². The third kappa shape index (κ3) is 3.30. The van der Waals surface area contributed by atoms with Crippen molar-refractivity contribution < 1.29 is 10.0 Å². The van der Waals surface area contributed by atoms with Crippen molar-refractivity contribution in [2.24, 2.45) is 0 Å². The molecule has 0 bridgehead atoms. The van der Waals surface area contributed by atoms with E-state index in [0.29, 0.717) is 6.42 Å². The monoisotopic (exact) mass is 353 g/mol. The second kappa shape index (κ2) is 7.05. The van der Waals surface area contributed by atoms with Crippen LogP contribution in [0.5, 0.6) is 0 Å². The highest BCUT2D eigenvalue weighted by molar-refractivity contribution is 5.46. The van der Waals surface area contributed by atoms with Crippen LogP contribution in [0.15, 0.2) is 48.5 Å². The highest BCUT2D eigenvalue weighted by atomic mass is 16.6. The van der Waals surface area contributed by atoms with Crippen LogP contribution in [0.1, 0.15) is 11.1 Å². The molecule has 0 amide bonds. The molecule has 0 unspecified atom stereocenters. The van der Waals surface area contributed by atoms with Gasteiger partial charge in [0.05, 0.1) is 11.0 Å². The molecule has 2 aromatic rings. The van der Waals surface area contributed by atoms with Gasteiger partial charge in [0.25, 0.3) is 5.69 Å². The predicted molar refractivity (Wildman–Crippen MR) is 101 cm³/mol. The molecule has 0 aromatic heterocycles. The highest BCUT2D eigenvalue weighted by Crippen LogP contribution is 2.29. The predicted octanol–water partition coefficient (Wildman–Crippen LogP) is 2.25. The second-order valence-corrected chi connectivity index (χ2v) is 7.11. The number of fused-ring (bicyclic) bond motifs is 1. The first-order valence-electron chi connectivity index (χ1n) is 9.10. The maximum atomic E-state index is 11.0. The molecule has 6 nitrogen and oxygen atoms in total. The normalized spacial score (nSPS) is 23.5. The van der Waals surface area contributed by atoms with E-state index in [9.17, 15) is 15.2 Å². The molecule has 6 heteroatoms. The van der Waals surface area contributed by atoms with Crippen LogP contribution in [0, 0.1) is 10.1 Å². The molecule has 1 aliphatic heterocycles. The van der Waals surface area contributed by atoms with Gasteiger partial charge >= 0.3 is 0 Å². The zero-order valence-corrected chi connectivity index (χ0v) is 14.6. The fraction of sp³-hybridized carbons (Fsp3) is 0.400. The second-order valence-electron chi connectivity index (χ2n) is 7.11. The summed E-state index contributed by atoms with van der Waals surface area (Å²) >= 11 is 0. The number of anilines is 1. The summed E-state index contributed by atoms with van der Waals surface area (Å²) < 4.78 is 0. The molecule has 1 heterocycles. The minimum atomic E-state index is -0.479.